The molecule has 4 amide bonds. The number of carbonyl (C=O) groups excluding carboxylic acids is 4. The number of carbonyl (C=O) groups is 4. The fourth-order valence-corrected chi connectivity index (χ4v) is 11.0. The van der Waals surface area contributed by atoms with E-state index in [-0.39, 0.29) is 22.6 Å². The van der Waals surface area contributed by atoms with Crippen LogP contribution in [0.2, 0.25) is 0 Å². The third-order valence-electron chi connectivity index (χ3n) is 7.87. The number of amides is 4. The molecule has 4 aliphatic rings. The fourth-order valence-electron chi connectivity index (χ4n) is 5.66. The lowest BCUT2D eigenvalue weighted by molar-refractivity contribution is -0.115. The number of rotatable bonds is 4. The lowest BCUT2D eigenvalue weighted by atomic mass is 10.1. The van der Waals surface area contributed by atoms with Gasteiger partial charge < -0.3 is 31.4 Å². The highest BCUT2D eigenvalue weighted by atomic mass is 32.2. The normalized spacial score (nSPS) is 17.0. The van der Waals surface area contributed by atoms with Crippen LogP contribution in [0.3, 0.4) is 0 Å². The molecule has 16 nitrogen and oxygen atoms in total. The molecule has 4 aliphatic heterocycles. The van der Waals surface area contributed by atoms with Gasteiger partial charge in [0.25, 0.3) is 23.6 Å². The van der Waals surface area contributed by atoms with Crippen molar-refractivity contribution in [2.45, 2.75) is 19.6 Å². The first-order valence-electron chi connectivity index (χ1n) is 14.3. The van der Waals surface area contributed by atoms with Crippen molar-refractivity contribution in [2.75, 3.05) is 10.0 Å². The van der Waals surface area contributed by atoms with E-state index in [2.05, 4.69) is 30.1 Å². The van der Waals surface area contributed by atoms with E-state index in [1.807, 2.05) is 12.1 Å². The van der Waals surface area contributed by atoms with Gasteiger partial charge in [0, 0.05) is 19.6 Å². The summed E-state index contributed by atoms with van der Waals surface area (Å²) in [5.41, 5.74) is 13.0. The van der Waals surface area contributed by atoms with Crippen LogP contribution in [0.1, 0.15) is 0 Å². The second-order valence-corrected chi connectivity index (χ2v) is 15.7. The first-order chi connectivity index (χ1) is 24.0. The number of hydrogen-bond acceptors (Lipinski definition) is 12. The van der Waals surface area contributed by atoms with Crippen molar-refractivity contribution in [1.82, 2.24) is 19.9 Å². The molecule has 0 unspecified atom stereocenters. The fraction of sp³-hybridized carbons (Fsp3) is 0. The zero-order chi connectivity index (χ0) is 34.6. The molecule has 0 saturated carbocycles. The number of thioether (sulfide) groups is 4. The quantitative estimate of drug-likeness (QED) is 0.147. The van der Waals surface area contributed by atoms with E-state index in [4.69, 9.17) is 11.5 Å². The molecule has 0 bridgehead atoms. The lowest BCUT2D eigenvalue weighted by Gasteiger charge is -2.12. The third kappa shape index (κ3) is 4.67. The van der Waals surface area contributed by atoms with Crippen LogP contribution in [-0.4, -0.2) is 55.0 Å². The van der Waals surface area contributed by atoms with Gasteiger partial charge in [-0.15, -0.1) is 0 Å². The summed E-state index contributed by atoms with van der Waals surface area (Å²) in [5, 5.41) is 10.7. The standard InChI is InChI=1S/C30H16N10O6S4/c31-23(41)21-19(25(43)39(37-21)9-1-3-11-13(5-9)35-29(45)33-11)27-47-15-7-17-18(8-16(15)48-27)50-28(49-17)20-22(24(32)42)38-40(26(20)44)10-2-4-12-14(6-10)36-30(46)34-12/h1-8H,(H2,31,41)(H2,32,42)(H2,33,35,45)(H2,34,36,46). The maximum Gasteiger partial charge on any atom is 0.323 e. The molecule has 0 radical (unpaired) electrons. The van der Waals surface area contributed by atoms with Gasteiger partial charge in [-0.2, -0.15) is 20.2 Å². The lowest BCUT2D eigenvalue weighted by Crippen LogP contribution is -2.26. The first kappa shape index (κ1) is 30.4. The average molecular weight is 741 g/mol. The Kier molecular flexibility index (Phi) is 6.62. The van der Waals surface area contributed by atoms with E-state index in [0.29, 0.717) is 41.9 Å². The molecule has 50 heavy (non-hydrogen) atoms. The van der Waals surface area contributed by atoms with E-state index in [1.165, 1.54) is 47.0 Å². The van der Waals surface area contributed by atoms with E-state index < -0.39 is 35.0 Å². The number of nitrogens with two attached hydrogens (primary N) is 2. The molecule has 0 saturated heterocycles. The highest BCUT2D eigenvalue weighted by Crippen LogP contribution is 2.60. The molecule has 246 valence electrons. The maximum atomic E-state index is 13.7. The topological polar surface area (TPSA) is 249 Å². The molecule has 3 aromatic carbocycles. The molecular weight excluding hydrogens is 725 g/mol. The van der Waals surface area contributed by atoms with Crippen molar-refractivity contribution in [1.29, 1.82) is 0 Å². The van der Waals surface area contributed by atoms with E-state index in [9.17, 15) is 28.8 Å². The molecule has 0 fully saturated rings. The summed E-state index contributed by atoms with van der Waals surface area (Å²) in [7, 11) is 0. The Hall–Kier alpha value is -5.70. The first-order valence-corrected chi connectivity index (χ1v) is 17.6. The Morgan fingerprint density at radius 2 is 0.900 bits per heavy atom. The van der Waals surface area contributed by atoms with Crippen molar-refractivity contribution in [2.24, 2.45) is 21.7 Å². The molecular formula is C30H16N10O6S4. The summed E-state index contributed by atoms with van der Waals surface area (Å²) >= 11 is 5.13. The number of aromatic nitrogens is 4. The largest absolute Gasteiger partial charge is 0.364 e. The van der Waals surface area contributed by atoms with Gasteiger partial charge in [0.1, 0.15) is 0 Å². The van der Waals surface area contributed by atoms with Crippen LogP contribution in [0.5, 0.6) is 0 Å². The van der Waals surface area contributed by atoms with Gasteiger partial charge in [-0.3, -0.25) is 19.2 Å². The maximum absolute atomic E-state index is 13.7. The Bertz CT molecular complexity index is 2510. The van der Waals surface area contributed by atoms with Gasteiger partial charge in [-0.25, -0.2) is 9.59 Å². The number of benzene rings is 3. The summed E-state index contributed by atoms with van der Waals surface area (Å²) < 4.78 is 1.04. The molecule has 5 aromatic rings. The van der Waals surface area contributed by atoms with Crippen molar-refractivity contribution >= 4 is 116 Å². The number of H-pyrrole nitrogens is 4. The predicted molar refractivity (Wildman–Crippen MR) is 190 cm³/mol. The van der Waals surface area contributed by atoms with Crippen LogP contribution in [0.15, 0.2) is 108 Å². The van der Waals surface area contributed by atoms with Gasteiger partial charge in [0.05, 0.1) is 53.1 Å². The van der Waals surface area contributed by atoms with Crippen LogP contribution in [0.25, 0.3) is 22.1 Å². The minimum atomic E-state index is -0.870. The monoisotopic (exact) mass is 740 g/mol. The van der Waals surface area contributed by atoms with E-state index in [0.717, 1.165) is 29.6 Å². The van der Waals surface area contributed by atoms with Gasteiger partial charge in [-0.1, -0.05) is 47.0 Å². The number of anilines is 2. The Balaban J connectivity index is 1.02. The third-order valence-corrected chi connectivity index (χ3v) is 12.9. The Labute approximate surface area is 293 Å². The molecule has 6 heterocycles. The van der Waals surface area contributed by atoms with Gasteiger partial charge in [0.15, 0.2) is 11.4 Å². The molecule has 0 atom stereocenters. The summed E-state index contributed by atoms with van der Waals surface area (Å²) in [6.45, 7) is 0. The summed E-state index contributed by atoms with van der Waals surface area (Å²) in [4.78, 5) is 89.6. The molecule has 9 rings (SSSR count). The highest BCUT2D eigenvalue weighted by molar-refractivity contribution is 8.25. The second kappa shape index (κ2) is 10.9. The number of hydrazone groups is 2. The summed E-state index contributed by atoms with van der Waals surface area (Å²) in [6, 6.07) is 13.4. The van der Waals surface area contributed by atoms with Gasteiger partial charge in [-0.05, 0) is 48.5 Å². The van der Waals surface area contributed by atoms with E-state index >= 15 is 0 Å². The number of imidazole rings is 2. The van der Waals surface area contributed by atoms with Gasteiger partial charge in [0.2, 0.25) is 0 Å². The van der Waals surface area contributed by atoms with Crippen molar-refractivity contribution in [3.8, 4) is 0 Å². The molecule has 8 N–H and O–H groups in total. The van der Waals surface area contributed by atoms with Crippen LogP contribution in [0, 0.1) is 0 Å². The van der Waals surface area contributed by atoms with E-state index in [1.54, 1.807) is 36.4 Å². The van der Waals surface area contributed by atoms with Crippen molar-refractivity contribution < 1.29 is 19.2 Å². The highest BCUT2D eigenvalue weighted by Gasteiger charge is 2.41. The predicted octanol–water partition coefficient (Wildman–Crippen LogP) is 2.62. The number of nitrogens with one attached hydrogen (secondary N) is 4. The smallest absolute Gasteiger partial charge is 0.323 e. The number of primary amides is 2. The SMILES string of the molecule is NC(=O)C1=NN(c2ccc3[nH]c(=O)[nH]c3c2)C(=O)C1=C1Sc2cc3c(cc2S1)SC(=C1C(=O)N(c2ccc4[nH]c(=O)[nH]c4c2)N=C1C(N)=O)S3. The number of fused-ring (bicyclic) bond motifs is 4. The minimum Gasteiger partial charge on any atom is -0.364 e. The zero-order valence-corrected chi connectivity index (χ0v) is 27.9. The van der Waals surface area contributed by atoms with Crippen LogP contribution >= 0.6 is 47.0 Å². The van der Waals surface area contributed by atoms with Crippen molar-refractivity contribution in [3.05, 3.63) is 89.1 Å². The van der Waals surface area contributed by atoms with Crippen LogP contribution in [-0.2, 0) is 19.2 Å². The van der Waals surface area contributed by atoms with Crippen molar-refractivity contribution in [3.63, 3.8) is 0 Å². The number of nitrogens with zero attached hydrogens (tertiary/aromatic N) is 4. The average Bonchev–Trinajstić information content (AvgIpc) is 3.90. The van der Waals surface area contributed by atoms with Crippen LogP contribution in [0.4, 0.5) is 11.4 Å². The molecule has 0 aliphatic carbocycles. The van der Waals surface area contributed by atoms with Gasteiger partial charge >= 0.3 is 11.4 Å². The molecule has 20 heteroatoms. The minimum absolute atomic E-state index is 0.0653. The molecule has 2 aromatic heterocycles. The molecule has 0 spiro atoms. The Morgan fingerprint density at radius 1 is 0.540 bits per heavy atom. The number of aromatic amines is 4. The Morgan fingerprint density at radius 3 is 1.26 bits per heavy atom. The summed E-state index contributed by atoms with van der Waals surface area (Å²) in [5.74, 6) is -2.84. The van der Waals surface area contributed by atoms with Crippen LogP contribution < -0.4 is 32.9 Å². The summed E-state index contributed by atoms with van der Waals surface area (Å²) in [6.07, 6.45) is 0. The number of hydrogen-bond donors (Lipinski definition) is 6. The zero-order valence-electron chi connectivity index (χ0n) is 24.6. The second-order valence-electron chi connectivity index (χ2n) is 11.0.